The van der Waals surface area contributed by atoms with Crippen molar-refractivity contribution in [3.8, 4) is 0 Å². The third-order valence-electron chi connectivity index (χ3n) is 2.82. The molecule has 0 heterocycles. The van der Waals surface area contributed by atoms with Gasteiger partial charge in [0.25, 0.3) is 0 Å². The fourth-order valence-electron chi connectivity index (χ4n) is 2.09. The second-order valence-electron chi connectivity index (χ2n) is 5.51. The fraction of sp³-hybridized carbons (Fsp3) is 0.562. The van der Waals surface area contributed by atoms with Crippen molar-refractivity contribution in [1.29, 1.82) is 0 Å². The molecule has 0 aliphatic rings. The van der Waals surface area contributed by atoms with Crippen LogP contribution in [0.3, 0.4) is 0 Å². The predicted octanol–water partition coefficient (Wildman–Crippen LogP) is 4.66. The average molecular weight is 217 g/mol. The molecule has 0 unspecified atom stereocenters. The van der Waals surface area contributed by atoms with Crippen LogP contribution in [0.4, 0.5) is 0 Å². The topological polar surface area (TPSA) is 0 Å². The largest absolute Gasteiger partial charge is 0.0625 e. The molecule has 0 aliphatic heterocycles. The molecule has 0 spiro atoms. The van der Waals surface area contributed by atoms with Crippen molar-refractivity contribution in [2.24, 2.45) is 11.8 Å². The molecule has 0 saturated carbocycles. The summed E-state index contributed by atoms with van der Waals surface area (Å²) in [7, 11) is 0. The summed E-state index contributed by atoms with van der Waals surface area (Å²) >= 11 is 0. The van der Waals surface area contributed by atoms with Crippen molar-refractivity contribution in [3.05, 3.63) is 41.3 Å². The Labute approximate surface area is 101 Å². The lowest BCUT2D eigenvalue weighted by Gasteiger charge is -2.15. The Kier molecular flexibility index (Phi) is 5.05. The normalized spacial score (nSPS) is 11.4. The smallest absolute Gasteiger partial charge is 0.0124 e. The minimum atomic E-state index is 0.734. The van der Waals surface area contributed by atoms with Gasteiger partial charge in [-0.3, -0.25) is 0 Å². The molecule has 0 amide bonds. The Hall–Kier alpha value is -0.780. The first-order valence-corrected chi connectivity index (χ1v) is 6.44. The molecule has 1 aromatic carbocycles. The summed E-state index contributed by atoms with van der Waals surface area (Å²) in [5, 5.41) is 0. The highest BCUT2D eigenvalue weighted by Gasteiger charge is 2.07. The molecule has 1 aromatic rings. The molecule has 0 nitrogen and oxygen atoms in total. The third kappa shape index (κ3) is 4.00. The van der Waals surface area contributed by atoms with E-state index in [2.05, 4.69) is 59.2 Å². The van der Waals surface area contributed by atoms with Crippen molar-refractivity contribution in [1.82, 2.24) is 0 Å². The van der Waals surface area contributed by atoms with Gasteiger partial charge in [-0.15, -0.1) is 0 Å². The fourth-order valence-corrected chi connectivity index (χ4v) is 2.09. The van der Waals surface area contributed by atoms with Gasteiger partial charge in [0.2, 0.25) is 0 Å². The van der Waals surface area contributed by atoms with Crippen LogP contribution >= 0.6 is 0 Å². The van der Waals surface area contributed by atoms with Crippen molar-refractivity contribution in [3.63, 3.8) is 0 Å². The molecule has 0 atom stereocenters. The van der Waals surface area contributed by atoms with Gasteiger partial charge in [-0.1, -0.05) is 52.8 Å². The number of benzene rings is 1. The van der Waals surface area contributed by atoms with Crippen LogP contribution in [0.15, 0.2) is 18.2 Å². The number of rotatable bonds is 5. The zero-order valence-corrected chi connectivity index (χ0v) is 11.4. The monoisotopic (exact) mass is 217 g/mol. The van der Waals surface area contributed by atoms with Crippen molar-refractivity contribution < 1.29 is 0 Å². The average Bonchev–Trinajstić information content (AvgIpc) is 2.19. The number of hydrogen-bond acceptors (Lipinski definition) is 0. The van der Waals surface area contributed by atoms with E-state index in [1.807, 2.05) is 0 Å². The van der Waals surface area contributed by atoms with Gasteiger partial charge < -0.3 is 0 Å². The van der Waals surface area contributed by atoms with E-state index in [-0.39, 0.29) is 0 Å². The lowest BCUT2D eigenvalue weighted by atomic mass is 9.91. The molecular weight excluding hydrogens is 192 g/mol. The van der Waals surface area contributed by atoms with Gasteiger partial charge in [0.1, 0.15) is 0 Å². The Morgan fingerprint density at radius 1 is 0.938 bits per heavy atom. The van der Waals surface area contributed by atoms with E-state index in [1.165, 1.54) is 24.0 Å². The van der Waals surface area contributed by atoms with Crippen LogP contribution < -0.4 is 0 Å². The lowest BCUT2D eigenvalue weighted by molar-refractivity contribution is 0.615. The minimum absolute atomic E-state index is 0.734. The Bertz CT molecular complexity index is 321. The van der Waals surface area contributed by atoms with Crippen LogP contribution in [-0.4, -0.2) is 0 Å². The standard InChI is InChI=1S/C16H25/c1-6-14-7-8-15(9-12(2)3)16(11-14)10-13(4)5/h6-8,11-13H,9-10H2,1-5H3. The summed E-state index contributed by atoms with van der Waals surface area (Å²) in [6, 6.07) is 6.91. The molecule has 16 heavy (non-hydrogen) atoms. The van der Waals surface area contributed by atoms with Gasteiger partial charge in [0.05, 0.1) is 0 Å². The summed E-state index contributed by atoms with van der Waals surface area (Å²) in [6.07, 6.45) is 4.58. The second-order valence-corrected chi connectivity index (χ2v) is 5.51. The van der Waals surface area contributed by atoms with Crippen LogP contribution in [0.25, 0.3) is 0 Å². The van der Waals surface area contributed by atoms with Crippen LogP contribution in [0, 0.1) is 18.3 Å². The highest BCUT2D eigenvalue weighted by Crippen LogP contribution is 2.20. The van der Waals surface area contributed by atoms with Crippen molar-refractivity contribution >= 4 is 0 Å². The van der Waals surface area contributed by atoms with Crippen LogP contribution in [0.2, 0.25) is 0 Å². The highest BCUT2D eigenvalue weighted by atomic mass is 14.1. The summed E-state index contributed by atoms with van der Waals surface area (Å²) in [4.78, 5) is 0. The van der Waals surface area contributed by atoms with Crippen molar-refractivity contribution in [2.45, 2.75) is 47.5 Å². The summed E-state index contributed by atoms with van der Waals surface area (Å²) < 4.78 is 0. The Morgan fingerprint density at radius 3 is 2.00 bits per heavy atom. The van der Waals surface area contributed by atoms with E-state index in [1.54, 1.807) is 5.56 Å². The van der Waals surface area contributed by atoms with E-state index < -0.39 is 0 Å². The van der Waals surface area contributed by atoms with E-state index in [9.17, 15) is 0 Å². The molecular formula is C16H25. The molecule has 1 rings (SSSR count). The van der Waals surface area contributed by atoms with E-state index in [0.29, 0.717) is 0 Å². The van der Waals surface area contributed by atoms with Gasteiger partial charge in [0, 0.05) is 0 Å². The number of hydrogen-bond donors (Lipinski definition) is 0. The van der Waals surface area contributed by atoms with Gasteiger partial charge in [0.15, 0.2) is 0 Å². The maximum Gasteiger partial charge on any atom is -0.0124 e. The van der Waals surface area contributed by atoms with E-state index in [4.69, 9.17) is 0 Å². The van der Waals surface area contributed by atoms with E-state index in [0.717, 1.165) is 11.8 Å². The maximum absolute atomic E-state index is 2.36. The van der Waals surface area contributed by atoms with E-state index >= 15 is 0 Å². The lowest BCUT2D eigenvalue weighted by Crippen LogP contribution is -2.03. The van der Waals surface area contributed by atoms with Gasteiger partial charge in [-0.2, -0.15) is 0 Å². The maximum atomic E-state index is 2.36. The molecule has 0 heteroatoms. The highest BCUT2D eigenvalue weighted by molar-refractivity contribution is 5.35. The second kappa shape index (κ2) is 6.08. The first-order valence-electron chi connectivity index (χ1n) is 6.44. The summed E-state index contributed by atoms with van der Waals surface area (Å²) in [6.45, 7) is 11.3. The molecule has 0 aromatic heterocycles. The quantitative estimate of drug-likeness (QED) is 0.673. The van der Waals surface area contributed by atoms with Crippen LogP contribution in [0.1, 0.15) is 51.3 Å². The zero-order valence-electron chi connectivity index (χ0n) is 11.4. The molecule has 1 radical (unpaired) electrons. The van der Waals surface area contributed by atoms with Gasteiger partial charge >= 0.3 is 0 Å². The summed E-state index contributed by atoms with van der Waals surface area (Å²) in [5.74, 6) is 1.47. The van der Waals surface area contributed by atoms with Gasteiger partial charge in [-0.05, 0) is 47.8 Å². The third-order valence-corrected chi connectivity index (χ3v) is 2.82. The predicted molar refractivity (Wildman–Crippen MR) is 72.6 cm³/mol. The first-order chi connectivity index (χ1) is 7.52. The molecule has 0 aliphatic carbocycles. The molecule has 0 N–H and O–H groups in total. The molecule has 0 saturated heterocycles. The molecule has 0 fully saturated rings. The molecule has 0 bridgehead atoms. The SMILES string of the molecule is C[CH]c1ccc(CC(C)C)c(CC(C)C)c1. The Morgan fingerprint density at radius 2 is 1.50 bits per heavy atom. The van der Waals surface area contributed by atoms with Gasteiger partial charge in [-0.25, -0.2) is 0 Å². The molecule has 89 valence electrons. The Balaban J connectivity index is 2.96. The summed E-state index contributed by atoms with van der Waals surface area (Å²) in [5.41, 5.74) is 4.43. The van der Waals surface area contributed by atoms with Crippen LogP contribution in [0.5, 0.6) is 0 Å². The van der Waals surface area contributed by atoms with Crippen molar-refractivity contribution in [2.75, 3.05) is 0 Å². The minimum Gasteiger partial charge on any atom is -0.0625 e. The first kappa shape index (κ1) is 13.3. The zero-order chi connectivity index (χ0) is 12.1. The van der Waals surface area contributed by atoms with Crippen LogP contribution in [-0.2, 0) is 12.8 Å².